The Morgan fingerprint density at radius 1 is 1.36 bits per heavy atom. The van der Waals surface area contributed by atoms with Crippen LogP contribution in [0.5, 0.6) is 5.75 Å². The molecule has 2 aromatic rings. The first-order chi connectivity index (χ1) is 13.4. The van der Waals surface area contributed by atoms with Gasteiger partial charge in [-0.15, -0.1) is 0 Å². The quantitative estimate of drug-likeness (QED) is 0.591. The first-order valence-corrected chi connectivity index (χ1v) is 10.1. The second-order valence-corrected chi connectivity index (χ2v) is 7.80. The van der Waals surface area contributed by atoms with Crippen molar-refractivity contribution >= 4 is 5.96 Å². The summed E-state index contributed by atoms with van der Waals surface area (Å²) in [5.41, 5.74) is 1.19. The summed E-state index contributed by atoms with van der Waals surface area (Å²) in [6.45, 7) is 9.86. The molecule has 0 radical (unpaired) electrons. The molecule has 2 atom stereocenters. The predicted molar refractivity (Wildman–Crippen MR) is 112 cm³/mol. The van der Waals surface area contributed by atoms with Crippen LogP contribution in [0.25, 0.3) is 0 Å². The van der Waals surface area contributed by atoms with Crippen molar-refractivity contribution in [2.24, 2.45) is 4.99 Å². The highest BCUT2D eigenvalue weighted by Crippen LogP contribution is 2.17. The highest BCUT2D eigenvalue weighted by molar-refractivity contribution is 5.80. The molecule has 7 nitrogen and oxygen atoms in total. The molecule has 0 spiro atoms. The number of aromatic nitrogens is 3. The molecule has 3 rings (SSSR count). The maximum Gasteiger partial charge on any atom is 0.191 e. The molecule has 0 saturated heterocycles. The summed E-state index contributed by atoms with van der Waals surface area (Å²) in [5.74, 6) is 4.06. The SMILES string of the molecule is CN=C(NCC(C)Oc1cccc(C)c1)NC1CCc2nc(C(C)C)nn2C1. The fourth-order valence-electron chi connectivity index (χ4n) is 3.28. The molecule has 0 fully saturated rings. The summed E-state index contributed by atoms with van der Waals surface area (Å²) >= 11 is 0. The van der Waals surface area contributed by atoms with E-state index in [4.69, 9.17) is 4.74 Å². The second-order valence-electron chi connectivity index (χ2n) is 7.80. The monoisotopic (exact) mass is 384 g/mol. The normalized spacial score (nSPS) is 17.9. The van der Waals surface area contributed by atoms with Gasteiger partial charge in [0, 0.05) is 25.4 Å². The van der Waals surface area contributed by atoms with Crippen LogP contribution >= 0.6 is 0 Å². The van der Waals surface area contributed by atoms with Gasteiger partial charge in [-0.3, -0.25) is 4.99 Å². The van der Waals surface area contributed by atoms with E-state index < -0.39 is 0 Å². The molecule has 28 heavy (non-hydrogen) atoms. The van der Waals surface area contributed by atoms with Crippen LogP contribution in [0.3, 0.4) is 0 Å². The minimum Gasteiger partial charge on any atom is -0.489 e. The van der Waals surface area contributed by atoms with Gasteiger partial charge in [-0.05, 0) is 38.0 Å². The van der Waals surface area contributed by atoms with Gasteiger partial charge >= 0.3 is 0 Å². The molecular formula is C21H32N6O. The third-order valence-electron chi connectivity index (χ3n) is 4.84. The summed E-state index contributed by atoms with van der Waals surface area (Å²) in [5, 5.41) is 11.5. The third kappa shape index (κ3) is 5.24. The van der Waals surface area contributed by atoms with Gasteiger partial charge in [0.05, 0.1) is 13.1 Å². The van der Waals surface area contributed by atoms with Gasteiger partial charge < -0.3 is 15.4 Å². The van der Waals surface area contributed by atoms with Crippen LogP contribution in [0, 0.1) is 6.92 Å². The number of hydrogen-bond acceptors (Lipinski definition) is 4. The molecule has 152 valence electrons. The molecular weight excluding hydrogens is 352 g/mol. The van der Waals surface area contributed by atoms with E-state index in [1.165, 1.54) is 5.56 Å². The number of aliphatic imine (C=N–C) groups is 1. The van der Waals surface area contributed by atoms with Crippen molar-refractivity contribution in [1.82, 2.24) is 25.4 Å². The Hall–Kier alpha value is -2.57. The van der Waals surface area contributed by atoms with Crippen LogP contribution in [0.15, 0.2) is 29.3 Å². The number of guanidine groups is 1. The van der Waals surface area contributed by atoms with Gasteiger partial charge in [0.1, 0.15) is 17.7 Å². The summed E-state index contributed by atoms with van der Waals surface area (Å²) in [4.78, 5) is 9.01. The lowest BCUT2D eigenvalue weighted by atomic mass is 10.1. The van der Waals surface area contributed by atoms with E-state index in [-0.39, 0.29) is 12.1 Å². The molecule has 2 N–H and O–H groups in total. The molecule has 0 bridgehead atoms. The Balaban J connectivity index is 1.49. The number of ether oxygens (including phenoxy) is 1. The average molecular weight is 385 g/mol. The zero-order valence-corrected chi connectivity index (χ0v) is 17.6. The molecule has 0 saturated carbocycles. The van der Waals surface area contributed by atoms with Gasteiger partial charge in [-0.2, -0.15) is 5.10 Å². The van der Waals surface area contributed by atoms with Crippen molar-refractivity contribution in [3.8, 4) is 5.75 Å². The topological polar surface area (TPSA) is 76.4 Å². The number of hydrogen-bond donors (Lipinski definition) is 2. The Bertz CT molecular complexity index is 813. The van der Waals surface area contributed by atoms with Crippen LogP contribution in [0.4, 0.5) is 0 Å². The zero-order valence-electron chi connectivity index (χ0n) is 17.6. The van der Waals surface area contributed by atoms with E-state index in [9.17, 15) is 0 Å². The highest BCUT2D eigenvalue weighted by Gasteiger charge is 2.23. The number of aryl methyl sites for hydroxylation is 2. The van der Waals surface area contributed by atoms with Crippen molar-refractivity contribution in [1.29, 1.82) is 0 Å². The smallest absolute Gasteiger partial charge is 0.191 e. The minimum absolute atomic E-state index is 0.0298. The summed E-state index contributed by atoms with van der Waals surface area (Å²) in [6.07, 6.45) is 1.98. The van der Waals surface area contributed by atoms with Gasteiger partial charge in [-0.1, -0.05) is 26.0 Å². The lowest BCUT2D eigenvalue weighted by molar-refractivity contribution is 0.223. The van der Waals surface area contributed by atoms with Crippen LogP contribution < -0.4 is 15.4 Å². The highest BCUT2D eigenvalue weighted by atomic mass is 16.5. The van der Waals surface area contributed by atoms with Crippen molar-refractivity contribution in [2.45, 2.75) is 65.1 Å². The Kier molecular flexibility index (Phi) is 6.54. The third-order valence-corrected chi connectivity index (χ3v) is 4.84. The molecule has 1 aliphatic heterocycles. The number of fused-ring (bicyclic) bond motifs is 1. The molecule has 7 heteroatoms. The number of benzene rings is 1. The molecule has 2 unspecified atom stereocenters. The molecule has 0 amide bonds. The first-order valence-electron chi connectivity index (χ1n) is 10.1. The summed E-state index contributed by atoms with van der Waals surface area (Å²) in [6, 6.07) is 8.40. The molecule has 1 aliphatic rings. The van der Waals surface area contributed by atoms with E-state index >= 15 is 0 Å². The molecule has 0 aliphatic carbocycles. The van der Waals surface area contributed by atoms with Gasteiger partial charge in [-0.25, -0.2) is 9.67 Å². The van der Waals surface area contributed by atoms with E-state index in [1.54, 1.807) is 7.05 Å². The van der Waals surface area contributed by atoms with Gasteiger partial charge in [0.15, 0.2) is 11.8 Å². The van der Waals surface area contributed by atoms with E-state index in [1.807, 2.05) is 22.9 Å². The standard InChI is InChI=1S/C21H32N6O/c1-14(2)20-25-19-10-9-17(13-27(19)26-20)24-21(22-5)23-12-16(4)28-18-8-6-7-15(3)11-18/h6-8,11,14,16-17H,9-10,12-13H2,1-5H3,(H2,22,23,24). The first kappa shape index (κ1) is 20.2. The lowest BCUT2D eigenvalue weighted by Gasteiger charge is -2.26. The van der Waals surface area contributed by atoms with E-state index in [0.29, 0.717) is 12.5 Å². The Labute approximate surface area is 167 Å². The maximum atomic E-state index is 5.98. The predicted octanol–water partition coefficient (Wildman–Crippen LogP) is 2.66. The second kappa shape index (κ2) is 9.08. The van der Waals surface area contributed by atoms with Crippen LogP contribution in [0.2, 0.25) is 0 Å². The Morgan fingerprint density at radius 3 is 2.89 bits per heavy atom. The summed E-state index contributed by atoms with van der Waals surface area (Å²) < 4.78 is 8.02. The average Bonchev–Trinajstić information content (AvgIpc) is 3.09. The minimum atomic E-state index is 0.0298. The van der Waals surface area contributed by atoms with Gasteiger partial charge in [0.2, 0.25) is 0 Å². The van der Waals surface area contributed by atoms with Crippen LogP contribution in [0.1, 0.15) is 50.3 Å². The lowest BCUT2D eigenvalue weighted by Crippen LogP contribution is -2.48. The Morgan fingerprint density at radius 2 is 2.18 bits per heavy atom. The van der Waals surface area contributed by atoms with Gasteiger partial charge in [0.25, 0.3) is 0 Å². The fourth-order valence-corrected chi connectivity index (χ4v) is 3.28. The summed E-state index contributed by atoms with van der Waals surface area (Å²) in [7, 11) is 1.79. The van der Waals surface area contributed by atoms with Crippen LogP contribution in [-0.2, 0) is 13.0 Å². The van der Waals surface area contributed by atoms with Crippen molar-refractivity contribution in [3.05, 3.63) is 41.5 Å². The van der Waals surface area contributed by atoms with Crippen molar-refractivity contribution < 1.29 is 4.74 Å². The molecule has 2 heterocycles. The number of rotatable bonds is 6. The molecule has 1 aromatic heterocycles. The number of nitrogens with one attached hydrogen (secondary N) is 2. The maximum absolute atomic E-state index is 5.98. The van der Waals surface area contributed by atoms with Crippen molar-refractivity contribution in [3.63, 3.8) is 0 Å². The zero-order chi connectivity index (χ0) is 20.1. The van der Waals surface area contributed by atoms with Crippen LogP contribution in [-0.4, -0.2) is 46.5 Å². The number of nitrogens with zero attached hydrogens (tertiary/aromatic N) is 4. The van der Waals surface area contributed by atoms with E-state index in [0.717, 1.165) is 42.7 Å². The van der Waals surface area contributed by atoms with Crippen molar-refractivity contribution in [2.75, 3.05) is 13.6 Å². The fraction of sp³-hybridized carbons (Fsp3) is 0.571. The largest absolute Gasteiger partial charge is 0.489 e. The molecule has 1 aromatic carbocycles. The van der Waals surface area contributed by atoms with E-state index in [2.05, 4.69) is 59.5 Å².